The fourth-order valence-electron chi connectivity index (χ4n) is 1.62. The third kappa shape index (κ3) is 3.52. The second-order valence-electron chi connectivity index (χ2n) is 4.26. The first-order chi connectivity index (χ1) is 9.61. The summed E-state index contributed by atoms with van der Waals surface area (Å²) in [6.07, 6.45) is 2.48. The third-order valence-electron chi connectivity index (χ3n) is 2.68. The predicted molar refractivity (Wildman–Crippen MR) is 82.1 cm³/mol. The second kappa shape index (κ2) is 6.77. The smallest absolute Gasteiger partial charge is 0.227 e. The number of rotatable bonds is 5. The van der Waals surface area contributed by atoms with E-state index in [0.717, 1.165) is 24.3 Å². The van der Waals surface area contributed by atoms with Crippen molar-refractivity contribution in [2.45, 2.75) is 20.3 Å². The first-order valence-corrected chi connectivity index (χ1v) is 7.05. The van der Waals surface area contributed by atoms with Crippen molar-refractivity contribution in [1.29, 1.82) is 0 Å². The maximum absolute atomic E-state index is 6.09. The normalized spacial score (nSPS) is 10.4. The Balaban J connectivity index is 2.24. The summed E-state index contributed by atoms with van der Waals surface area (Å²) < 4.78 is 5.73. The minimum absolute atomic E-state index is 0.443. The number of aromatic nitrogens is 2. The summed E-state index contributed by atoms with van der Waals surface area (Å²) >= 11 is 11.9. The topological polar surface area (TPSA) is 47.0 Å². The van der Waals surface area contributed by atoms with Gasteiger partial charge in [0.25, 0.3) is 0 Å². The Morgan fingerprint density at radius 2 is 2.05 bits per heavy atom. The number of nitrogens with one attached hydrogen (secondary N) is 1. The summed E-state index contributed by atoms with van der Waals surface area (Å²) in [5.41, 5.74) is 0.840. The van der Waals surface area contributed by atoms with Crippen LogP contribution in [0.15, 0.2) is 24.5 Å². The molecule has 0 saturated heterocycles. The van der Waals surface area contributed by atoms with Crippen LogP contribution in [0.3, 0.4) is 0 Å². The largest absolute Gasteiger partial charge is 0.437 e. The van der Waals surface area contributed by atoms with E-state index in [1.165, 1.54) is 6.33 Å². The van der Waals surface area contributed by atoms with Gasteiger partial charge in [-0.25, -0.2) is 9.97 Å². The molecule has 2 rings (SSSR count). The average molecular weight is 312 g/mol. The minimum atomic E-state index is 0.443. The summed E-state index contributed by atoms with van der Waals surface area (Å²) in [5.74, 6) is 1.75. The van der Waals surface area contributed by atoms with Crippen LogP contribution in [-0.2, 0) is 0 Å². The lowest BCUT2D eigenvalue weighted by molar-refractivity contribution is 0.458. The zero-order chi connectivity index (χ0) is 14.5. The fraction of sp³-hybridized carbons (Fsp3) is 0.286. The Morgan fingerprint density at radius 3 is 2.75 bits per heavy atom. The van der Waals surface area contributed by atoms with E-state index in [9.17, 15) is 0 Å². The number of hydrogen-bond donors (Lipinski definition) is 1. The highest BCUT2D eigenvalue weighted by molar-refractivity contribution is 6.35. The summed E-state index contributed by atoms with van der Waals surface area (Å²) in [6.45, 7) is 4.84. The van der Waals surface area contributed by atoms with Crippen molar-refractivity contribution in [2.24, 2.45) is 0 Å². The number of halogens is 2. The van der Waals surface area contributed by atoms with Gasteiger partial charge in [0, 0.05) is 11.6 Å². The predicted octanol–water partition coefficient (Wildman–Crippen LogP) is 4.71. The standard InChI is InChI=1S/C14H15Cl2N3O/c1-3-6-17-13-9(2)14(19-8-18-13)20-12-5-4-10(15)7-11(12)16/h4-5,7-8H,3,6H2,1-2H3,(H,17,18,19). The Hall–Kier alpha value is -1.52. The highest BCUT2D eigenvalue weighted by Crippen LogP contribution is 2.32. The van der Waals surface area contributed by atoms with Gasteiger partial charge in [0.2, 0.25) is 5.88 Å². The molecule has 20 heavy (non-hydrogen) atoms. The van der Waals surface area contributed by atoms with E-state index in [4.69, 9.17) is 27.9 Å². The van der Waals surface area contributed by atoms with Crippen LogP contribution in [0, 0.1) is 6.92 Å². The zero-order valence-corrected chi connectivity index (χ0v) is 12.8. The molecule has 1 heterocycles. The van der Waals surface area contributed by atoms with Gasteiger partial charge in [0.15, 0.2) is 0 Å². The van der Waals surface area contributed by atoms with Crippen molar-refractivity contribution in [2.75, 3.05) is 11.9 Å². The van der Waals surface area contributed by atoms with Gasteiger partial charge in [-0.3, -0.25) is 0 Å². The molecule has 0 aliphatic heterocycles. The number of nitrogens with zero attached hydrogens (tertiary/aromatic N) is 2. The van der Waals surface area contributed by atoms with Crippen molar-refractivity contribution in [1.82, 2.24) is 9.97 Å². The van der Waals surface area contributed by atoms with Crippen molar-refractivity contribution >= 4 is 29.0 Å². The monoisotopic (exact) mass is 311 g/mol. The average Bonchev–Trinajstić information content (AvgIpc) is 2.42. The maximum atomic E-state index is 6.09. The van der Waals surface area contributed by atoms with Gasteiger partial charge < -0.3 is 10.1 Å². The highest BCUT2D eigenvalue weighted by atomic mass is 35.5. The molecule has 6 heteroatoms. The Bertz CT molecular complexity index is 605. The molecule has 0 unspecified atom stereocenters. The van der Waals surface area contributed by atoms with Gasteiger partial charge in [-0.05, 0) is 31.5 Å². The lowest BCUT2D eigenvalue weighted by atomic mass is 10.3. The highest BCUT2D eigenvalue weighted by Gasteiger charge is 2.11. The number of benzene rings is 1. The molecule has 0 bridgehead atoms. The summed E-state index contributed by atoms with van der Waals surface area (Å²) in [4.78, 5) is 8.34. The van der Waals surface area contributed by atoms with Crippen LogP contribution in [0.25, 0.3) is 0 Å². The molecule has 0 atom stereocenters. The van der Waals surface area contributed by atoms with Gasteiger partial charge >= 0.3 is 0 Å². The fourth-order valence-corrected chi connectivity index (χ4v) is 2.07. The van der Waals surface area contributed by atoms with Crippen LogP contribution < -0.4 is 10.1 Å². The molecular formula is C14H15Cl2N3O. The Morgan fingerprint density at radius 1 is 1.25 bits per heavy atom. The molecular weight excluding hydrogens is 297 g/mol. The van der Waals surface area contributed by atoms with E-state index < -0.39 is 0 Å². The van der Waals surface area contributed by atoms with Crippen molar-refractivity contribution in [3.63, 3.8) is 0 Å². The Kier molecular flexibility index (Phi) is 5.04. The molecule has 0 amide bonds. The zero-order valence-electron chi connectivity index (χ0n) is 11.3. The number of anilines is 1. The van der Waals surface area contributed by atoms with Crippen LogP contribution >= 0.6 is 23.2 Å². The first kappa shape index (κ1) is 14.9. The lowest BCUT2D eigenvalue weighted by Crippen LogP contribution is -2.05. The molecule has 0 fully saturated rings. The van der Waals surface area contributed by atoms with Gasteiger partial charge in [-0.15, -0.1) is 0 Å². The van der Waals surface area contributed by atoms with Crippen molar-refractivity contribution in [3.05, 3.63) is 40.1 Å². The third-order valence-corrected chi connectivity index (χ3v) is 3.21. The molecule has 0 aliphatic carbocycles. The quantitative estimate of drug-likeness (QED) is 0.869. The summed E-state index contributed by atoms with van der Waals surface area (Å²) in [5, 5.41) is 4.23. The number of hydrogen-bond acceptors (Lipinski definition) is 4. The van der Waals surface area contributed by atoms with Gasteiger partial charge in [0.05, 0.1) is 10.6 Å². The van der Waals surface area contributed by atoms with Crippen LogP contribution in [-0.4, -0.2) is 16.5 Å². The van der Waals surface area contributed by atoms with E-state index in [0.29, 0.717) is 21.7 Å². The first-order valence-electron chi connectivity index (χ1n) is 6.30. The van der Waals surface area contributed by atoms with Crippen LogP contribution in [0.2, 0.25) is 10.0 Å². The van der Waals surface area contributed by atoms with Crippen molar-refractivity contribution in [3.8, 4) is 11.6 Å². The second-order valence-corrected chi connectivity index (χ2v) is 5.10. The molecule has 106 valence electrons. The van der Waals surface area contributed by atoms with Gasteiger partial charge in [-0.2, -0.15) is 0 Å². The van der Waals surface area contributed by atoms with E-state index in [2.05, 4.69) is 22.2 Å². The Labute approximate surface area is 128 Å². The summed E-state index contributed by atoms with van der Waals surface area (Å²) in [6, 6.07) is 5.06. The molecule has 0 saturated carbocycles. The van der Waals surface area contributed by atoms with E-state index >= 15 is 0 Å². The van der Waals surface area contributed by atoms with E-state index in [-0.39, 0.29) is 0 Å². The minimum Gasteiger partial charge on any atom is -0.437 e. The molecule has 2 aromatic rings. The summed E-state index contributed by atoms with van der Waals surface area (Å²) in [7, 11) is 0. The SMILES string of the molecule is CCCNc1ncnc(Oc2ccc(Cl)cc2Cl)c1C. The molecule has 1 aromatic carbocycles. The molecule has 4 nitrogen and oxygen atoms in total. The van der Waals surface area contributed by atoms with E-state index in [1.807, 2.05) is 6.92 Å². The molecule has 0 radical (unpaired) electrons. The lowest BCUT2D eigenvalue weighted by Gasteiger charge is -2.12. The molecule has 0 aliphatic rings. The molecule has 1 aromatic heterocycles. The van der Waals surface area contributed by atoms with E-state index in [1.54, 1.807) is 18.2 Å². The maximum Gasteiger partial charge on any atom is 0.227 e. The number of ether oxygens (including phenoxy) is 1. The van der Waals surface area contributed by atoms with Crippen LogP contribution in [0.5, 0.6) is 11.6 Å². The van der Waals surface area contributed by atoms with Crippen LogP contribution in [0.4, 0.5) is 5.82 Å². The van der Waals surface area contributed by atoms with Gasteiger partial charge in [-0.1, -0.05) is 30.1 Å². The van der Waals surface area contributed by atoms with Crippen LogP contribution in [0.1, 0.15) is 18.9 Å². The molecule has 0 spiro atoms. The van der Waals surface area contributed by atoms with Gasteiger partial charge in [0.1, 0.15) is 17.9 Å². The van der Waals surface area contributed by atoms with Crippen molar-refractivity contribution < 1.29 is 4.74 Å². The molecule has 1 N–H and O–H groups in total.